The van der Waals surface area contributed by atoms with E-state index in [-0.39, 0.29) is 29.2 Å². The van der Waals surface area contributed by atoms with Gasteiger partial charge in [0.2, 0.25) is 0 Å². The molecule has 0 aliphatic carbocycles. The topological polar surface area (TPSA) is 97.0 Å². The van der Waals surface area contributed by atoms with Gasteiger partial charge in [-0.2, -0.15) is 17.6 Å². The second kappa shape index (κ2) is 12.8. The summed E-state index contributed by atoms with van der Waals surface area (Å²) in [4.78, 5) is 38.2. The number of halogens is 4. The number of amides is 2. The molecule has 12 heteroatoms. The first-order chi connectivity index (χ1) is 19.5. The zero-order valence-corrected chi connectivity index (χ0v) is 21.9. The SMILES string of the molecule is COC(=O)c1ccc(O[C@@H](F)N2CCC[C@H]2C(=O)Cc2ccc(NC(=O)Nc3ccccc3C(F)(F)F)cc2)cc1. The smallest absolute Gasteiger partial charge is 0.418 e. The Labute approximate surface area is 233 Å². The zero-order valence-electron chi connectivity index (χ0n) is 21.9. The van der Waals surface area contributed by atoms with Crippen molar-refractivity contribution >= 4 is 29.2 Å². The normalized spacial score (nSPS) is 16.1. The van der Waals surface area contributed by atoms with E-state index in [1.807, 2.05) is 0 Å². The van der Waals surface area contributed by atoms with Crippen LogP contribution < -0.4 is 15.4 Å². The molecule has 0 saturated carbocycles. The van der Waals surface area contributed by atoms with Crippen LogP contribution in [0.25, 0.3) is 0 Å². The van der Waals surface area contributed by atoms with E-state index in [0.29, 0.717) is 30.6 Å². The molecule has 1 fully saturated rings. The van der Waals surface area contributed by atoms with Gasteiger partial charge in [0, 0.05) is 18.7 Å². The van der Waals surface area contributed by atoms with Gasteiger partial charge in [0.1, 0.15) is 5.75 Å². The molecule has 4 rings (SSSR count). The van der Waals surface area contributed by atoms with Gasteiger partial charge in [0.05, 0.1) is 30.0 Å². The van der Waals surface area contributed by atoms with Crippen LogP contribution in [0, 0.1) is 0 Å². The number of nitrogens with zero attached hydrogens (tertiary/aromatic N) is 1. The number of ether oxygens (including phenoxy) is 2. The third-order valence-electron chi connectivity index (χ3n) is 6.51. The largest absolute Gasteiger partial charge is 0.465 e. The van der Waals surface area contributed by atoms with Crippen molar-refractivity contribution in [1.29, 1.82) is 0 Å². The van der Waals surface area contributed by atoms with Crippen molar-refractivity contribution < 1.29 is 41.4 Å². The van der Waals surface area contributed by atoms with Crippen LogP contribution in [0.4, 0.5) is 33.7 Å². The van der Waals surface area contributed by atoms with Crippen molar-refractivity contribution in [1.82, 2.24) is 4.90 Å². The van der Waals surface area contributed by atoms with Gasteiger partial charge in [-0.3, -0.25) is 4.79 Å². The Morgan fingerprint density at radius 1 is 0.976 bits per heavy atom. The van der Waals surface area contributed by atoms with E-state index in [9.17, 15) is 27.6 Å². The predicted molar refractivity (Wildman–Crippen MR) is 142 cm³/mol. The summed E-state index contributed by atoms with van der Waals surface area (Å²) < 4.78 is 64.5. The number of methoxy groups -OCH3 is 1. The first kappa shape index (κ1) is 29.5. The lowest BCUT2D eigenvalue weighted by Gasteiger charge is -2.27. The number of likely N-dealkylation sites (tertiary alicyclic amines) is 1. The Kier molecular flexibility index (Phi) is 9.23. The number of alkyl halides is 4. The Morgan fingerprint density at radius 3 is 2.32 bits per heavy atom. The molecule has 0 aromatic heterocycles. The van der Waals surface area contributed by atoms with Crippen LogP contribution in [0.5, 0.6) is 5.75 Å². The average molecular weight is 574 g/mol. The number of esters is 1. The minimum Gasteiger partial charge on any atom is -0.465 e. The van der Waals surface area contributed by atoms with Crippen molar-refractivity contribution in [2.75, 3.05) is 24.3 Å². The van der Waals surface area contributed by atoms with Gasteiger partial charge in [-0.25, -0.2) is 14.5 Å². The van der Waals surface area contributed by atoms with Crippen molar-refractivity contribution in [3.05, 3.63) is 89.5 Å². The lowest BCUT2D eigenvalue weighted by Crippen LogP contribution is -2.44. The van der Waals surface area contributed by atoms with Gasteiger partial charge in [-0.15, -0.1) is 0 Å². The highest BCUT2D eigenvalue weighted by atomic mass is 19.4. The fraction of sp³-hybridized carbons (Fsp3) is 0.276. The molecule has 1 aliphatic rings. The minimum atomic E-state index is -4.63. The van der Waals surface area contributed by atoms with Crippen LogP contribution in [0.2, 0.25) is 0 Å². The van der Waals surface area contributed by atoms with Gasteiger partial charge in [0.25, 0.3) is 6.48 Å². The monoisotopic (exact) mass is 573 g/mol. The van der Waals surface area contributed by atoms with Gasteiger partial charge < -0.3 is 20.1 Å². The van der Waals surface area contributed by atoms with Crippen LogP contribution >= 0.6 is 0 Å². The van der Waals surface area contributed by atoms with E-state index in [1.54, 1.807) is 12.1 Å². The maximum Gasteiger partial charge on any atom is 0.418 e. The molecule has 2 atom stereocenters. The molecule has 0 bridgehead atoms. The number of para-hydroxylation sites is 1. The summed E-state index contributed by atoms with van der Waals surface area (Å²) in [5, 5.41) is 4.66. The number of ketones is 1. The van der Waals surface area contributed by atoms with Crippen molar-refractivity contribution in [3.8, 4) is 5.75 Å². The maximum absolute atomic E-state index is 15.0. The number of anilines is 2. The molecule has 216 valence electrons. The van der Waals surface area contributed by atoms with E-state index in [4.69, 9.17) is 4.74 Å². The van der Waals surface area contributed by atoms with E-state index in [2.05, 4.69) is 15.4 Å². The second-order valence-corrected chi connectivity index (χ2v) is 9.28. The quantitative estimate of drug-likeness (QED) is 0.184. The Hall–Kier alpha value is -4.45. The number of nitrogens with one attached hydrogen (secondary N) is 2. The summed E-state index contributed by atoms with van der Waals surface area (Å²) in [6.07, 6.45) is -3.55. The van der Waals surface area contributed by atoms with Gasteiger partial charge >= 0.3 is 18.2 Å². The highest BCUT2D eigenvalue weighted by molar-refractivity contribution is 6.00. The number of carbonyl (C=O) groups excluding carboxylic acids is 3. The van der Waals surface area contributed by atoms with Gasteiger partial charge in [0.15, 0.2) is 5.78 Å². The molecule has 0 spiro atoms. The lowest BCUT2D eigenvalue weighted by atomic mass is 10.0. The number of rotatable bonds is 9. The summed E-state index contributed by atoms with van der Waals surface area (Å²) in [6.45, 7) is -1.55. The Morgan fingerprint density at radius 2 is 1.66 bits per heavy atom. The van der Waals surface area contributed by atoms with Crippen molar-refractivity contribution in [2.45, 2.75) is 38.0 Å². The third kappa shape index (κ3) is 7.60. The van der Waals surface area contributed by atoms with E-state index in [1.165, 1.54) is 60.5 Å². The minimum absolute atomic E-state index is 0.00709. The molecule has 1 heterocycles. The predicted octanol–water partition coefficient (Wildman–Crippen LogP) is 6.04. The van der Waals surface area contributed by atoms with E-state index in [0.717, 1.165) is 12.1 Å². The Balaban J connectivity index is 1.31. The van der Waals surface area contributed by atoms with Gasteiger partial charge in [-0.05, 0) is 66.9 Å². The molecule has 2 N–H and O–H groups in total. The first-order valence-electron chi connectivity index (χ1n) is 12.7. The molecule has 8 nitrogen and oxygen atoms in total. The fourth-order valence-corrected chi connectivity index (χ4v) is 4.49. The summed E-state index contributed by atoms with van der Waals surface area (Å²) in [7, 11) is 1.25. The van der Waals surface area contributed by atoms with Crippen molar-refractivity contribution in [3.63, 3.8) is 0 Å². The molecule has 1 aliphatic heterocycles. The van der Waals surface area contributed by atoms with Crippen LogP contribution in [-0.4, -0.2) is 48.9 Å². The fourth-order valence-electron chi connectivity index (χ4n) is 4.49. The number of Topliss-reactive ketones (excluding diaryl/α,β-unsaturated/α-hetero) is 1. The molecule has 1 saturated heterocycles. The molecular weight excluding hydrogens is 546 g/mol. The number of hydrogen-bond acceptors (Lipinski definition) is 6. The van der Waals surface area contributed by atoms with E-state index >= 15 is 4.39 Å². The number of hydrogen-bond donors (Lipinski definition) is 2. The highest BCUT2D eigenvalue weighted by Gasteiger charge is 2.36. The first-order valence-corrected chi connectivity index (χ1v) is 12.7. The summed E-state index contributed by atoms with van der Waals surface area (Å²) in [6, 6.07) is 15.1. The molecule has 2 amide bonds. The molecular formula is C29H27F4N3O5. The molecule has 0 unspecified atom stereocenters. The van der Waals surface area contributed by atoms with Crippen LogP contribution in [-0.2, 0) is 22.1 Å². The zero-order chi connectivity index (χ0) is 29.6. The molecule has 3 aromatic carbocycles. The third-order valence-corrected chi connectivity index (χ3v) is 6.51. The summed E-state index contributed by atoms with van der Waals surface area (Å²) in [5.74, 6) is -0.549. The highest BCUT2D eigenvalue weighted by Crippen LogP contribution is 2.34. The second-order valence-electron chi connectivity index (χ2n) is 9.28. The van der Waals surface area contributed by atoms with Crippen molar-refractivity contribution in [2.24, 2.45) is 0 Å². The summed E-state index contributed by atoms with van der Waals surface area (Å²) >= 11 is 0. The van der Waals surface area contributed by atoms with Crippen LogP contribution in [0.3, 0.4) is 0 Å². The summed E-state index contributed by atoms with van der Waals surface area (Å²) in [5.41, 5.74) is -0.138. The van der Waals surface area contributed by atoms with E-state index < -0.39 is 36.3 Å². The average Bonchev–Trinajstić information content (AvgIpc) is 3.44. The molecule has 41 heavy (non-hydrogen) atoms. The number of carbonyl (C=O) groups is 3. The number of urea groups is 1. The van der Waals surface area contributed by atoms with Crippen LogP contribution in [0.1, 0.15) is 34.3 Å². The molecule has 0 radical (unpaired) electrons. The Bertz CT molecular complexity index is 1380. The standard InChI is InChI=1S/C29H27F4N3O5/c1-40-26(38)19-10-14-21(15-11-19)41-27(30)36-16-4-7-24(36)25(37)17-18-8-12-20(13-9-18)34-28(39)35-23-6-3-2-5-22(23)29(31,32)33/h2-3,5-6,8-15,24,27H,4,7,16-17H2,1H3,(H2,34,35,39)/t24-,27-/m0/s1. The lowest BCUT2D eigenvalue weighted by molar-refractivity contribution is -0.137. The number of benzene rings is 3. The van der Waals surface area contributed by atoms with Gasteiger partial charge in [-0.1, -0.05) is 24.3 Å². The maximum atomic E-state index is 15.0. The molecule has 3 aromatic rings. The van der Waals surface area contributed by atoms with Crippen LogP contribution in [0.15, 0.2) is 72.8 Å².